The third kappa shape index (κ3) is 4.99. The van der Waals surface area contributed by atoms with Crippen LogP contribution in [0.5, 0.6) is 0 Å². The molecule has 3 aromatic rings. The number of hydrogen-bond donors (Lipinski definition) is 2. The molecule has 152 valence electrons. The van der Waals surface area contributed by atoms with E-state index in [1.165, 1.54) is 18.5 Å². The number of nitrogens with one attached hydrogen (secondary N) is 2. The van der Waals surface area contributed by atoms with Crippen molar-refractivity contribution in [3.63, 3.8) is 0 Å². The molecular formula is C20H22N4O3S2. The zero-order valence-corrected chi connectivity index (χ0v) is 18.2. The Labute approximate surface area is 174 Å². The zero-order chi connectivity index (χ0) is 21.2. The van der Waals surface area contributed by atoms with Crippen LogP contribution in [0.4, 0.5) is 11.4 Å². The number of aryl methyl sites for hydroxylation is 1. The monoisotopic (exact) mass is 430 g/mol. The third-order valence-electron chi connectivity index (χ3n) is 4.01. The Morgan fingerprint density at radius 3 is 2.21 bits per heavy atom. The number of hydrogen-bond acceptors (Lipinski definition) is 6. The van der Waals surface area contributed by atoms with Gasteiger partial charge < -0.3 is 5.32 Å². The van der Waals surface area contributed by atoms with E-state index >= 15 is 0 Å². The van der Waals surface area contributed by atoms with E-state index in [9.17, 15) is 13.2 Å². The molecule has 0 saturated heterocycles. The summed E-state index contributed by atoms with van der Waals surface area (Å²) >= 11 is 1.05. The molecule has 0 fully saturated rings. The number of anilines is 2. The number of nitrogens with zero attached hydrogens (tertiary/aromatic N) is 2. The maximum absolute atomic E-state index is 12.8. The molecule has 9 heteroatoms. The van der Waals surface area contributed by atoms with Gasteiger partial charge in [-0.15, -0.1) is 11.3 Å². The summed E-state index contributed by atoms with van der Waals surface area (Å²) in [6.07, 6.45) is 3.02. The number of sulfonamides is 1. The van der Waals surface area contributed by atoms with Crippen LogP contribution in [0.3, 0.4) is 0 Å². The van der Waals surface area contributed by atoms with Gasteiger partial charge in [0.05, 0.1) is 18.1 Å². The molecule has 0 aliphatic heterocycles. The van der Waals surface area contributed by atoms with Gasteiger partial charge in [0.25, 0.3) is 15.9 Å². The molecule has 1 aromatic carbocycles. The quantitative estimate of drug-likeness (QED) is 0.632. The molecule has 2 heterocycles. The van der Waals surface area contributed by atoms with E-state index < -0.39 is 15.9 Å². The fraction of sp³-hybridized carbons (Fsp3) is 0.250. The van der Waals surface area contributed by atoms with Crippen molar-refractivity contribution in [2.75, 3.05) is 10.0 Å². The molecule has 2 aromatic heterocycles. The van der Waals surface area contributed by atoms with Crippen molar-refractivity contribution in [3.8, 4) is 0 Å². The average Bonchev–Trinajstić information content (AvgIpc) is 3.14. The van der Waals surface area contributed by atoms with E-state index in [1.54, 1.807) is 29.6 Å². The summed E-state index contributed by atoms with van der Waals surface area (Å²) in [5, 5.41) is 4.23. The SMILES string of the molecule is Cc1ccc(NS(=O)(=O)c2ccsc2C(=O)Nc2cnc(C(C)(C)C)nc2)cc1. The highest BCUT2D eigenvalue weighted by Crippen LogP contribution is 2.26. The second-order valence-electron chi connectivity index (χ2n) is 7.58. The van der Waals surface area contributed by atoms with Gasteiger partial charge in [-0.1, -0.05) is 38.5 Å². The predicted octanol–water partition coefficient (Wildman–Crippen LogP) is 4.20. The largest absolute Gasteiger partial charge is 0.319 e. The van der Waals surface area contributed by atoms with Crippen LogP contribution in [0, 0.1) is 6.92 Å². The van der Waals surface area contributed by atoms with Gasteiger partial charge in [-0.3, -0.25) is 9.52 Å². The van der Waals surface area contributed by atoms with Crippen LogP contribution in [0.15, 0.2) is 53.0 Å². The second kappa shape index (κ2) is 7.92. The van der Waals surface area contributed by atoms with Crippen LogP contribution in [0.2, 0.25) is 0 Å². The van der Waals surface area contributed by atoms with E-state index in [0.717, 1.165) is 16.9 Å². The third-order valence-corrected chi connectivity index (χ3v) is 6.48. The number of rotatable bonds is 5. The van der Waals surface area contributed by atoms with Crippen molar-refractivity contribution in [1.82, 2.24) is 9.97 Å². The minimum Gasteiger partial charge on any atom is -0.319 e. The Kier molecular flexibility index (Phi) is 5.72. The average molecular weight is 431 g/mol. The highest BCUT2D eigenvalue weighted by Gasteiger charge is 2.25. The van der Waals surface area contributed by atoms with Gasteiger partial charge in [-0.25, -0.2) is 18.4 Å². The smallest absolute Gasteiger partial charge is 0.267 e. The number of aromatic nitrogens is 2. The Morgan fingerprint density at radius 2 is 1.62 bits per heavy atom. The molecule has 0 saturated carbocycles. The number of thiophene rings is 1. The van der Waals surface area contributed by atoms with Crippen molar-refractivity contribution in [2.24, 2.45) is 0 Å². The molecule has 0 bridgehead atoms. The normalized spacial score (nSPS) is 11.9. The lowest BCUT2D eigenvalue weighted by molar-refractivity contribution is 0.102. The maximum Gasteiger partial charge on any atom is 0.267 e. The molecule has 0 atom stereocenters. The first-order valence-electron chi connectivity index (χ1n) is 8.87. The lowest BCUT2D eigenvalue weighted by Gasteiger charge is -2.16. The lowest BCUT2D eigenvalue weighted by atomic mass is 9.96. The van der Waals surface area contributed by atoms with E-state index in [-0.39, 0.29) is 15.2 Å². The van der Waals surface area contributed by atoms with Gasteiger partial charge in [0.2, 0.25) is 0 Å². The molecule has 7 nitrogen and oxygen atoms in total. The summed E-state index contributed by atoms with van der Waals surface area (Å²) in [6.45, 7) is 7.89. The van der Waals surface area contributed by atoms with Gasteiger partial charge in [-0.2, -0.15) is 0 Å². The van der Waals surface area contributed by atoms with Crippen LogP contribution < -0.4 is 10.0 Å². The summed E-state index contributed by atoms with van der Waals surface area (Å²) in [7, 11) is -3.91. The Hall–Kier alpha value is -2.78. The minimum atomic E-state index is -3.91. The molecule has 0 radical (unpaired) electrons. The molecular weight excluding hydrogens is 408 g/mol. The summed E-state index contributed by atoms with van der Waals surface area (Å²) in [4.78, 5) is 21.2. The molecule has 0 aliphatic rings. The summed E-state index contributed by atoms with van der Waals surface area (Å²) < 4.78 is 28.0. The minimum absolute atomic E-state index is 0.0761. The first-order valence-corrected chi connectivity index (χ1v) is 11.2. The van der Waals surface area contributed by atoms with Crippen molar-refractivity contribution in [1.29, 1.82) is 0 Å². The van der Waals surface area contributed by atoms with Crippen molar-refractivity contribution < 1.29 is 13.2 Å². The molecule has 1 amide bonds. The van der Waals surface area contributed by atoms with Crippen molar-refractivity contribution in [2.45, 2.75) is 38.0 Å². The highest BCUT2D eigenvalue weighted by molar-refractivity contribution is 7.93. The van der Waals surface area contributed by atoms with Gasteiger partial charge in [0, 0.05) is 11.1 Å². The van der Waals surface area contributed by atoms with Crippen LogP contribution in [0.1, 0.15) is 41.8 Å². The van der Waals surface area contributed by atoms with E-state index in [4.69, 9.17) is 0 Å². The van der Waals surface area contributed by atoms with Gasteiger partial charge in [0.1, 0.15) is 15.6 Å². The molecule has 3 rings (SSSR count). The fourth-order valence-corrected chi connectivity index (χ4v) is 4.86. The fourth-order valence-electron chi connectivity index (χ4n) is 2.47. The topological polar surface area (TPSA) is 101 Å². The van der Waals surface area contributed by atoms with Gasteiger partial charge >= 0.3 is 0 Å². The van der Waals surface area contributed by atoms with E-state index in [1.807, 2.05) is 27.7 Å². The van der Waals surface area contributed by atoms with Crippen molar-refractivity contribution >= 4 is 38.6 Å². The van der Waals surface area contributed by atoms with Crippen LogP contribution in [-0.4, -0.2) is 24.3 Å². The molecule has 0 unspecified atom stereocenters. The summed E-state index contributed by atoms with van der Waals surface area (Å²) in [5.41, 5.74) is 1.63. The summed E-state index contributed by atoms with van der Waals surface area (Å²) in [6, 6.07) is 8.37. The standard InChI is InChI=1S/C20H22N4O3S2/c1-13-5-7-14(8-6-13)24-29(26,27)16-9-10-28-17(16)18(25)23-15-11-21-19(22-12-15)20(2,3)4/h5-12,24H,1-4H3,(H,23,25). The predicted molar refractivity (Wildman–Crippen MR) is 115 cm³/mol. The van der Waals surface area contributed by atoms with Crippen molar-refractivity contribution in [3.05, 3.63) is 64.4 Å². The molecule has 0 aliphatic carbocycles. The molecule has 29 heavy (non-hydrogen) atoms. The zero-order valence-electron chi connectivity index (χ0n) is 16.6. The molecule has 2 N–H and O–H groups in total. The number of carbonyl (C=O) groups excluding carboxylic acids is 1. The van der Waals surface area contributed by atoms with Crippen LogP contribution in [-0.2, 0) is 15.4 Å². The lowest BCUT2D eigenvalue weighted by Crippen LogP contribution is -2.19. The Balaban J connectivity index is 1.79. The first-order chi connectivity index (χ1) is 13.6. The number of amides is 1. The van der Waals surface area contributed by atoms with E-state index in [0.29, 0.717) is 17.2 Å². The van der Waals surface area contributed by atoms with Crippen LogP contribution in [0.25, 0.3) is 0 Å². The maximum atomic E-state index is 12.8. The number of carbonyl (C=O) groups is 1. The highest BCUT2D eigenvalue weighted by atomic mass is 32.2. The van der Waals surface area contributed by atoms with Gasteiger partial charge in [0.15, 0.2) is 0 Å². The Morgan fingerprint density at radius 1 is 1.00 bits per heavy atom. The number of benzene rings is 1. The molecule has 0 spiro atoms. The van der Waals surface area contributed by atoms with E-state index in [2.05, 4.69) is 20.0 Å². The van der Waals surface area contributed by atoms with Crippen LogP contribution >= 0.6 is 11.3 Å². The van der Waals surface area contributed by atoms with Gasteiger partial charge in [-0.05, 0) is 30.5 Å². The Bertz CT molecular complexity index is 1110. The first kappa shape index (κ1) is 20.9. The second-order valence-corrected chi connectivity index (χ2v) is 10.2. The summed E-state index contributed by atoms with van der Waals surface area (Å²) in [5.74, 6) is 0.119.